The normalized spacial score (nSPS) is 10.7. The van der Waals surface area contributed by atoms with E-state index in [1.807, 2.05) is 36.4 Å². The maximum Gasteiger partial charge on any atom is 0.226 e. The highest BCUT2D eigenvalue weighted by molar-refractivity contribution is 5.91. The lowest BCUT2D eigenvalue weighted by Crippen LogP contribution is -2.23. The predicted molar refractivity (Wildman–Crippen MR) is 99.7 cm³/mol. The fourth-order valence-corrected chi connectivity index (χ4v) is 2.56. The van der Waals surface area contributed by atoms with Crippen molar-refractivity contribution in [2.24, 2.45) is 0 Å². The first-order valence-electron chi connectivity index (χ1n) is 8.40. The van der Waals surface area contributed by atoms with E-state index in [-0.39, 0.29) is 11.8 Å². The Hall–Kier alpha value is -3.22. The molecule has 2 heterocycles. The van der Waals surface area contributed by atoms with Crippen molar-refractivity contribution < 1.29 is 9.59 Å². The van der Waals surface area contributed by atoms with E-state index < -0.39 is 0 Å². The number of carbonyl (C=O) groups excluding carboxylic acids is 2. The molecule has 7 nitrogen and oxygen atoms in total. The largest absolute Gasteiger partial charge is 0.349 e. The summed E-state index contributed by atoms with van der Waals surface area (Å²) in [5, 5.41) is 2.87. The van der Waals surface area contributed by atoms with Gasteiger partial charge >= 0.3 is 0 Å². The minimum absolute atomic E-state index is 0.0203. The van der Waals surface area contributed by atoms with Crippen LogP contribution in [0.5, 0.6) is 0 Å². The Labute approximate surface area is 151 Å². The van der Waals surface area contributed by atoms with Crippen LogP contribution in [0.1, 0.15) is 17.8 Å². The molecule has 2 amide bonds. The summed E-state index contributed by atoms with van der Waals surface area (Å²) >= 11 is 0. The molecule has 0 atom stereocenters. The number of fused-ring (bicyclic) bond motifs is 1. The summed E-state index contributed by atoms with van der Waals surface area (Å²) in [7, 11) is 3.45. The molecule has 1 aromatic carbocycles. The predicted octanol–water partition coefficient (Wildman–Crippen LogP) is 2.16. The van der Waals surface area contributed by atoms with Crippen LogP contribution in [0.3, 0.4) is 0 Å². The summed E-state index contributed by atoms with van der Waals surface area (Å²) in [6.07, 6.45) is 2.80. The average molecular weight is 351 g/mol. The Bertz CT molecular complexity index is 899. The van der Waals surface area contributed by atoms with Crippen LogP contribution in [-0.2, 0) is 22.4 Å². The fourth-order valence-electron chi connectivity index (χ4n) is 2.56. The smallest absolute Gasteiger partial charge is 0.226 e. The van der Waals surface area contributed by atoms with Gasteiger partial charge in [-0.1, -0.05) is 12.1 Å². The molecule has 3 aromatic rings. The Morgan fingerprint density at radius 1 is 1.19 bits per heavy atom. The second kappa shape index (κ2) is 7.77. The van der Waals surface area contributed by atoms with Gasteiger partial charge in [-0.25, -0.2) is 9.97 Å². The van der Waals surface area contributed by atoms with Gasteiger partial charge in [-0.05, 0) is 29.8 Å². The molecule has 0 radical (unpaired) electrons. The number of benzene rings is 1. The van der Waals surface area contributed by atoms with Gasteiger partial charge < -0.3 is 15.2 Å². The number of carbonyl (C=O) groups is 2. The van der Waals surface area contributed by atoms with Gasteiger partial charge in [-0.2, -0.15) is 0 Å². The second-order valence-electron chi connectivity index (χ2n) is 6.27. The highest BCUT2D eigenvalue weighted by Gasteiger charge is 2.09. The van der Waals surface area contributed by atoms with E-state index in [1.165, 1.54) is 0 Å². The van der Waals surface area contributed by atoms with E-state index in [2.05, 4.69) is 20.3 Å². The molecule has 134 valence electrons. The van der Waals surface area contributed by atoms with Gasteiger partial charge in [0.25, 0.3) is 0 Å². The lowest BCUT2D eigenvalue weighted by atomic mass is 10.1. The van der Waals surface area contributed by atoms with E-state index in [9.17, 15) is 9.59 Å². The first-order valence-corrected chi connectivity index (χ1v) is 8.40. The van der Waals surface area contributed by atoms with E-state index in [0.29, 0.717) is 30.6 Å². The van der Waals surface area contributed by atoms with Crippen LogP contribution in [0.25, 0.3) is 11.2 Å². The van der Waals surface area contributed by atoms with Gasteiger partial charge in [-0.3, -0.25) is 9.59 Å². The molecule has 0 unspecified atom stereocenters. The Morgan fingerprint density at radius 3 is 2.81 bits per heavy atom. The van der Waals surface area contributed by atoms with Gasteiger partial charge in [0.15, 0.2) is 5.65 Å². The zero-order valence-corrected chi connectivity index (χ0v) is 14.8. The molecule has 7 heteroatoms. The lowest BCUT2D eigenvalue weighted by Gasteiger charge is -2.11. The minimum atomic E-state index is -0.102. The van der Waals surface area contributed by atoms with Crippen LogP contribution in [0.15, 0.2) is 42.6 Å². The first kappa shape index (κ1) is 17.6. The summed E-state index contributed by atoms with van der Waals surface area (Å²) in [5.41, 5.74) is 3.07. The van der Waals surface area contributed by atoms with Crippen molar-refractivity contribution in [3.05, 3.63) is 54.0 Å². The van der Waals surface area contributed by atoms with Gasteiger partial charge in [0.2, 0.25) is 11.8 Å². The van der Waals surface area contributed by atoms with Gasteiger partial charge in [0.1, 0.15) is 5.82 Å². The molecule has 0 aliphatic rings. The molecule has 0 bridgehead atoms. The van der Waals surface area contributed by atoms with Crippen LogP contribution < -0.4 is 5.32 Å². The lowest BCUT2D eigenvalue weighted by molar-refractivity contribution is -0.128. The number of nitrogens with one attached hydrogen (secondary N) is 2. The van der Waals surface area contributed by atoms with Crippen molar-refractivity contribution >= 4 is 28.7 Å². The molecule has 26 heavy (non-hydrogen) atoms. The van der Waals surface area contributed by atoms with Gasteiger partial charge in [0.05, 0.1) is 11.9 Å². The second-order valence-corrected chi connectivity index (χ2v) is 6.27. The van der Waals surface area contributed by atoms with Crippen molar-refractivity contribution in [2.75, 3.05) is 19.4 Å². The molecule has 0 aliphatic carbocycles. The molecule has 0 saturated carbocycles. The molecule has 0 saturated heterocycles. The molecule has 2 N–H and O–H groups in total. The number of nitrogens with zero attached hydrogens (tertiary/aromatic N) is 3. The quantitative estimate of drug-likeness (QED) is 0.712. The maximum absolute atomic E-state index is 12.2. The average Bonchev–Trinajstić information content (AvgIpc) is 3.03. The number of aromatic amines is 1. The molecule has 3 rings (SSSR count). The number of aryl methyl sites for hydroxylation is 1. The number of likely N-dealkylation sites (N-methyl/N-ethyl adjacent to an activating group) is 1. The molecule has 0 spiro atoms. The number of anilines is 1. The van der Waals surface area contributed by atoms with Crippen LogP contribution in [-0.4, -0.2) is 45.8 Å². The summed E-state index contributed by atoms with van der Waals surface area (Å²) in [5.74, 6) is 0.653. The molecule has 2 aromatic heterocycles. The Morgan fingerprint density at radius 2 is 2.04 bits per heavy atom. The third kappa shape index (κ3) is 4.44. The Kier molecular flexibility index (Phi) is 5.26. The van der Waals surface area contributed by atoms with E-state index in [1.54, 1.807) is 25.2 Å². The number of H-pyrrole nitrogens is 1. The van der Waals surface area contributed by atoms with E-state index in [4.69, 9.17) is 0 Å². The summed E-state index contributed by atoms with van der Waals surface area (Å²) < 4.78 is 0. The van der Waals surface area contributed by atoms with E-state index >= 15 is 0 Å². The number of pyridine rings is 1. The first-order chi connectivity index (χ1) is 12.5. The molecule has 0 fully saturated rings. The third-order valence-electron chi connectivity index (χ3n) is 3.96. The zero-order chi connectivity index (χ0) is 18.5. The van der Waals surface area contributed by atoms with Crippen LogP contribution >= 0.6 is 0 Å². The third-order valence-corrected chi connectivity index (χ3v) is 3.96. The van der Waals surface area contributed by atoms with Crippen LogP contribution in [0, 0.1) is 0 Å². The van der Waals surface area contributed by atoms with Crippen LogP contribution in [0.2, 0.25) is 0 Å². The SMILES string of the molecule is CN(C)C(=O)Cc1cccc(NC(=O)CCc2nc3ncccc3[nH]2)c1. The summed E-state index contributed by atoms with van der Waals surface area (Å²) in [6.45, 7) is 0. The van der Waals surface area contributed by atoms with Crippen molar-refractivity contribution in [1.29, 1.82) is 0 Å². The van der Waals surface area contributed by atoms with Gasteiger partial charge in [0, 0.05) is 38.8 Å². The summed E-state index contributed by atoms with van der Waals surface area (Å²) in [4.78, 5) is 37.2. The highest BCUT2D eigenvalue weighted by Crippen LogP contribution is 2.13. The molecule has 0 aliphatic heterocycles. The minimum Gasteiger partial charge on any atom is -0.349 e. The molecular weight excluding hydrogens is 330 g/mol. The Balaban J connectivity index is 1.56. The van der Waals surface area contributed by atoms with Crippen molar-refractivity contribution in [3.63, 3.8) is 0 Å². The number of hydrogen-bond acceptors (Lipinski definition) is 4. The topological polar surface area (TPSA) is 91.0 Å². The van der Waals surface area contributed by atoms with Crippen molar-refractivity contribution in [3.8, 4) is 0 Å². The maximum atomic E-state index is 12.2. The van der Waals surface area contributed by atoms with Crippen LogP contribution in [0.4, 0.5) is 5.69 Å². The fraction of sp³-hybridized carbons (Fsp3) is 0.263. The number of aromatic nitrogens is 3. The number of amides is 2. The molecular formula is C19H21N5O2. The van der Waals surface area contributed by atoms with Gasteiger partial charge in [-0.15, -0.1) is 0 Å². The number of imidazole rings is 1. The monoisotopic (exact) mass is 351 g/mol. The zero-order valence-electron chi connectivity index (χ0n) is 14.8. The summed E-state index contributed by atoms with van der Waals surface area (Å²) in [6, 6.07) is 11.1. The van der Waals surface area contributed by atoms with E-state index in [0.717, 1.165) is 16.9 Å². The standard InChI is InChI=1S/C19H21N5O2/c1-24(2)18(26)12-13-5-3-6-14(11-13)21-17(25)9-8-16-22-15-7-4-10-20-19(15)23-16/h3-7,10-11H,8-9,12H2,1-2H3,(H,21,25)(H,20,22,23). The number of hydrogen-bond donors (Lipinski definition) is 2. The number of rotatable bonds is 6. The van der Waals surface area contributed by atoms with Crippen molar-refractivity contribution in [1.82, 2.24) is 19.9 Å². The van der Waals surface area contributed by atoms with Crippen molar-refractivity contribution in [2.45, 2.75) is 19.3 Å². The highest BCUT2D eigenvalue weighted by atomic mass is 16.2.